The minimum Gasteiger partial charge on any atom is -0.361 e. The monoisotopic (exact) mass is 266 g/mol. The molecule has 0 spiro atoms. The van der Waals surface area contributed by atoms with Gasteiger partial charge in [0.2, 0.25) is 0 Å². The number of rotatable bonds is 8. The van der Waals surface area contributed by atoms with E-state index in [2.05, 4.69) is 11.8 Å². The first-order chi connectivity index (χ1) is 9.34. The van der Waals surface area contributed by atoms with Gasteiger partial charge in [-0.2, -0.15) is 0 Å². The standard InChI is InChI=1S/C17H34N2/c1-2-3-4-5-6-8-11-14-17(18)19-15-12-9-7-10-13-16-19/h18H,2-16H2,1H3. The molecule has 19 heavy (non-hydrogen) atoms. The third kappa shape index (κ3) is 8.28. The molecule has 2 nitrogen and oxygen atoms in total. The molecule has 0 aromatic rings. The summed E-state index contributed by atoms with van der Waals surface area (Å²) in [6.45, 7) is 4.54. The predicted molar refractivity (Wildman–Crippen MR) is 85.0 cm³/mol. The molecule has 0 aromatic heterocycles. The first kappa shape index (κ1) is 16.5. The van der Waals surface area contributed by atoms with Crippen molar-refractivity contribution in [3.05, 3.63) is 0 Å². The quantitative estimate of drug-likeness (QED) is 0.357. The van der Waals surface area contributed by atoms with Crippen molar-refractivity contribution < 1.29 is 0 Å². The maximum atomic E-state index is 8.22. The molecule has 1 aliphatic heterocycles. The number of amidine groups is 1. The number of nitrogens with zero attached hydrogens (tertiary/aromatic N) is 1. The number of hydrogen-bond acceptors (Lipinski definition) is 1. The van der Waals surface area contributed by atoms with E-state index >= 15 is 0 Å². The summed E-state index contributed by atoms with van der Waals surface area (Å²) in [5.41, 5.74) is 0. The lowest BCUT2D eigenvalue weighted by atomic mass is 10.1. The Morgan fingerprint density at radius 1 is 0.789 bits per heavy atom. The van der Waals surface area contributed by atoms with Crippen LogP contribution in [0.25, 0.3) is 0 Å². The van der Waals surface area contributed by atoms with E-state index in [4.69, 9.17) is 5.41 Å². The fraction of sp³-hybridized carbons (Fsp3) is 0.941. The normalized spacial score (nSPS) is 17.0. The molecule has 0 unspecified atom stereocenters. The molecule has 1 rings (SSSR count). The fourth-order valence-corrected chi connectivity index (χ4v) is 2.93. The molecule has 0 aromatic carbocycles. The molecule has 1 fully saturated rings. The molecule has 0 saturated carbocycles. The molecular weight excluding hydrogens is 232 g/mol. The number of likely N-dealkylation sites (tertiary alicyclic amines) is 1. The van der Waals surface area contributed by atoms with Crippen molar-refractivity contribution in [2.24, 2.45) is 0 Å². The van der Waals surface area contributed by atoms with E-state index in [1.807, 2.05) is 0 Å². The van der Waals surface area contributed by atoms with E-state index in [9.17, 15) is 0 Å². The van der Waals surface area contributed by atoms with Crippen LogP contribution in [0.3, 0.4) is 0 Å². The van der Waals surface area contributed by atoms with E-state index in [-0.39, 0.29) is 0 Å². The van der Waals surface area contributed by atoms with Gasteiger partial charge in [-0.15, -0.1) is 0 Å². The zero-order chi connectivity index (χ0) is 13.8. The SMILES string of the molecule is CCCCCCCCCC(=N)N1CCCCCCC1. The van der Waals surface area contributed by atoms with Crippen LogP contribution in [-0.2, 0) is 0 Å². The molecule has 1 N–H and O–H groups in total. The van der Waals surface area contributed by atoms with Gasteiger partial charge in [0.05, 0.1) is 5.84 Å². The summed E-state index contributed by atoms with van der Waals surface area (Å²) in [5.74, 6) is 0.912. The van der Waals surface area contributed by atoms with Crippen LogP contribution in [0.15, 0.2) is 0 Å². The van der Waals surface area contributed by atoms with E-state index in [1.165, 1.54) is 77.0 Å². The maximum Gasteiger partial charge on any atom is 0.0957 e. The Labute approximate surface area is 120 Å². The van der Waals surface area contributed by atoms with E-state index in [0.717, 1.165) is 25.3 Å². The maximum absolute atomic E-state index is 8.22. The van der Waals surface area contributed by atoms with Crippen LogP contribution in [0.1, 0.15) is 90.4 Å². The van der Waals surface area contributed by atoms with Gasteiger partial charge >= 0.3 is 0 Å². The van der Waals surface area contributed by atoms with Crippen LogP contribution in [0.2, 0.25) is 0 Å². The second-order valence-electron chi connectivity index (χ2n) is 6.07. The van der Waals surface area contributed by atoms with Gasteiger partial charge in [0, 0.05) is 19.5 Å². The number of nitrogens with one attached hydrogen (secondary N) is 1. The Morgan fingerprint density at radius 2 is 1.32 bits per heavy atom. The number of hydrogen-bond donors (Lipinski definition) is 1. The minimum absolute atomic E-state index is 0.912. The van der Waals surface area contributed by atoms with Crippen LogP contribution in [0.4, 0.5) is 0 Å². The minimum atomic E-state index is 0.912. The summed E-state index contributed by atoms with van der Waals surface area (Å²) in [6, 6.07) is 0. The van der Waals surface area contributed by atoms with Crippen LogP contribution in [-0.4, -0.2) is 23.8 Å². The summed E-state index contributed by atoms with van der Waals surface area (Å²) in [5, 5.41) is 8.22. The first-order valence-electron chi connectivity index (χ1n) is 8.67. The molecule has 112 valence electrons. The zero-order valence-corrected chi connectivity index (χ0v) is 13.1. The predicted octanol–water partition coefficient (Wildman–Crippen LogP) is 5.37. The average molecular weight is 266 g/mol. The van der Waals surface area contributed by atoms with Crippen LogP contribution in [0, 0.1) is 5.41 Å². The van der Waals surface area contributed by atoms with Gasteiger partial charge in [-0.25, -0.2) is 0 Å². The summed E-state index contributed by atoms with van der Waals surface area (Å²) in [6.07, 6.45) is 17.1. The zero-order valence-electron chi connectivity index (χ0n) is 13.1. The van der Waals surface area contributed by atoms with Gasteiger partial charge in [0.1, 0.15) is 0 Å². The lowest BCUT2D eigenvalue weighted by Gasteiger charge is -2.27. The van der Waals surface area contributed by atoms with Gasteiger partial charge in [-0.1, -0.05) is 64.7 Å². The van der Waals surface area contributed by atoms with Crippen LogP contribution < -0.4 is 0 Å². The molecule has 0 bridgehead atoms. The molecule has 2 heteroatoms. The van der Waals surface area contributed by atoms with E-state index in [1.54, 1.807) is 0 Å². The lowest BCUT2D eigenvalue weighted by Crippen LogP contribution is -2.33. The molecule has 0 amide bonds. The van der Waals surface area contributed by atoms with Crippen molar-refractivity contribution in [1.82, 2.24) is 4.90 Å². The topological polar surface area (TPSA) is 27.1 Å². The first-order valence-corrected chi connectivity index (χ1v) is 8.67. The average Bonchev–Trinajstić information content (AvgIpc) is 2.37. The van der Waals surface area contributed by atoms with Gasteiger partial charge in [-0.05, 0) is 19.3 Å². The van der Waals surface area contributed by atoms with E-state index in [0.29, 0.717) is 0 Å². The van der Waals surface area contributed by atoms with Crippen LogP contribution >= 0.6 is 0 Å². The van der Waals surface area contributed by atoms with Crippen molar-refractivity contribution in [3.8, 4) is 0 Å². The van der Waals surface area contributed by atoms with Gasteiger partial charge in [0.25, 0.3) is 0 Å². The third-order valence-electron chi connectivity index (χ3n) is 4.25. The van der Waals surface area contributed by atoms with E-state index < -0.39 is 0 Å². The summed E-state index contributed by atoms with van der Waals surface area (Å²) >= 11 is 0. The van der Waals surface area contributed by atoms with Crippen molar-refractivity contribution in [2.75, 3.05) is 13.1 Å². The largest absolute Gasteiger partial charge is 0.361 e. The lowest BCUT2D eigenvalue weighted by molar-refractivity contribution is 0.353. The highest BCUT2D eigenvalue weighted by atomic mass is 15.2. The number of unbranched alkanes of at least 4 members (excludes halogenated alkanes) is 6. The summed E-state index contributed by atoms with van der Waals surface area (Å²) < 4.78 is 0. The molecule has 1 saturated heterocycles. The fourth-order valence-electron chi connectivity index (χ4n) is 2.93. The highest BCUT2D eigenvalue weighted by Crippen LogP contribution is 2.13. The smallest absolute Gasteiger partial charge is 0.0957 e. The molecular formula is C17H34N2. The van der Waals surface area contributed by atoms with Crippen molar-refractivity contribution in [1.29, 1.82) is 5.41 Å². The Bertz CT molecular complexity index is 217. The Morgan fingerprint density at radius 3 is 1.95 bits per heavy atom. The molecule has 1 heterocycles. The highest BCUT2D eigenvalue weighted by Gasteiger charge is 2.10. The van der Waals surface area contributed by atoms with Gasteiger partial charge in [0.15, 0.2) is 0 Å². The Hall–Kier alpha value is -0.530. The molecule has 0 atom stereocenters. The second-order valence-corrected chi connectivity index (χ2v) is 6.07. The molecule has 1 aliphatic rings. The van der Waals surface area contributed by atoms with Gasteiger partial charge in [-0.3, -0.25) is 5.41 Å². The third-order valence-corrected chi connectivity index (χ3v) is 4.25. The van der Waals surface area contributed by atoms with Crippen molar-refractivity contribution in [2.45, 2.75) is 90.4 Å². The van der Waals surface area contributed by atoms with Crippen molar-refractivity contribution in [3.63, 3.8) is 0 Å². The second kappa shape index (κ2) is 11.3. The Kier molecular flexibility index (Phi) is 9.84. The summed E-state index contributed by atoms with van der Waals surface area (Å²) in [7, 11) is 0. The van der Waals surface area contributed by atoms with Crippen LogP contribution in [0.5, 0.6) is 0 Å². The molecule has 0 aliphatic carbocycles. The highest BCUT2D eigenvalue weighted by molar-refractivity contribution is 5.79. The molecule has 0 radical (unpaired) electrons. The Balaban J connectivity index is 2.02. The summed E-state index contributed by atoms with van der Waals surface area (Å²) in [4.78, 5) is 2.34. The van der Waals surface area contributed by atoms with Gasteiger partial charge < -0.3 is 4.90 Å². The van der Waals surface area contributed by atoms with Crippen molar-refractivity contribution >= 4 is 5.84 Å².